The summed E-state index contributed by atoms with van der Waals surface area (Å²) < 4.78 is 7.44. The summed E-state index contributed by atoms with van der Waals surface area (Å²) >= 11 is 0. The van der Waals surface area contributed by atoms with Gasteiger partial charge in [-0.15, -0.1) is 5.10 Å². The SMILES string of the molecule is O=c1c2ccccc2c(OCc2ccccc2)nn1Cc1ccccc1. The van der Waals surface area contributed by atoms with Crippen molar-refractivity contribution in [3.05, 3.63) is 106 Å². The van der Waals surface area contributed by atoms with E-state index in [1.807, 2.05) is 84.9 Å². The fourth-order valence-electron chi connectivity index (χ4n) is 2.90. The second kappa shape index (κ2) is 7.23. The molecule has 1 aromatic heterocycles. The van der Waals surface area contributed by atoms with E-state index in [1.54, 1.807) is 0 Å². The molecule has 26 heavy (non-hydrogen) atoms. The van der Waals surface area contributed by atoms with Crippen molar-refractivity contribution < 1.29 is 4.74 Å². The Kier molecular flexibility index (Phi) is 4.48. The molecular weight excluding hydrogens is 324 g/mol. The zero-order valence-corrected chi connectivity index (χ0v) is 14.2. The van der Waals surface area contributed by atoms with Crippen molar-refractivity contribution in [1.29, 1.82) is 0 Å². The van der Waals surface area contributed by atoms with Gasteiger partial charge < -0.3 is 4.74 Å². The maximum Gasteiger partial charge on any atom is 0.275 e. The van der Waals surface area contributed by atoms with Crippen molar-refractivity contribution in [3.63, 3.8) is 0 Å². The van der Waals surface area contributed by atoms with Crippen LogP contribution in [0.2, 0.25) is 0 Å². The van der Waals surface area contributed by atoms with E-state index in [-0.39, 0.29) is 5.56 Å². The van der Waals surface area contributed by atoms with Crippen molar-refractivity contribution in [3.8, 4) is 5.88 Å². The third-order valence-corrected chi connectivity index (χ3v) is 4.23. The molecule has 0 amide bonds. The smallest absolute Gasteiger partial charge is 0.275 e. The molecule has 3 aromatic carbocycles. The molecular formula is C22H18N2O2. The largest absolute Gasteiger partial charge is 0.471 e. The van der Waals surface area contributed by atoms with Gasteiger partial charge in [0.2, 0.25) is 5.88 Å². The van der Waals surface area contributed by atoms with Crippen LogP contribution in [0.1, 0.15) is 11.1 Å². The van der Waals surface area contributed by atoms with Gasteiger partial charge in [-0.2, -0.15) is 0 Å². The van der Waals surface area contributed by atoms with Crippen molar-refractivity contribution in [2.75, 3.05) is 0 Å². The second-order valence-electron chi connectivity index (χ2n) is 6.07. The molecule has 0 atom stereocenters. The minimum atomic E-state index is -0.114. The van der Waals surface area contributed by atoms with Gasteiger partial charge in [0.25, 0.3) is 5.56 Å². The lowest BCUT2D eigenvalue weighted by Crippen LogP contribution is -2.24. The fourth-order valence-corrected chi connectivity index (χ4v) is 2.90. The molecule has 4 heteroatoms. The first kappa shape index (κ1) is 16.1. The number of hydrogen-bond donors (Lipinski definition) is 0. The van der Waals surface area contributed by atoms with Crippen LogP contribution >= 0.6 is 0 Å². The van der Waals surface area contributed by atoms with Crippen molar-refractivity contribution in [1.82, 2.24) is 9.78 Å². The maximum absolute atomic E-state index is 12.8. The van der Waals surface area contributed by atoms with E-state index in [2.05, 4.69) is 5.10 Å². The van der Waals surface area contributed by atoms with Crippen LogP contribution in [0.4, 0.5) is 0 Å². The molecule has 4 aromatic rings. The second-order valence-corrected chi connectivity index (χ2v) is 6.07. The first-order valence-electron chi connectivity index (χ1n) is 8.52. The van der Waals surface area contributed by atoms with Crippen LogP contribution in [0.25, 0.3) is 10.8 Å². The van der Waals surface area contributed by atoms with E-state index in [9.17, 15) is 4.79 Å². The number of benzene rings is 3. The molecule has 0 saturated heterocycles. The molecule has 0 spiro atoms. The fraction of sp³-hybridized carbons (Fsp3) is 0.0909. The summed E-state index contributed by atoms with van der Waals surface area (Å²) in [5.74, 6) is 0.472. The Bertz CT molecular complexity index is 1070. The van der Waals surface area contributed by atoms with Crippen LogP contribution in [0, 0.1) is 0 Å². The van der Waals surface area contributed by atoms with Gasteiger partial charge in [0, 0.05) is 0 Å². The normalized spacial score (nSPS) is 10.8. The van der Waals surface area contributed by atoms with Crippen LogP contribution < -0.4 is 10.3 Å². The lowest BCUT2D eigenvalue weighted by Gasteiger charge is -2.12. The molecule has 0 fully saturated rings. The minimum Gasteiger partial charge on any atom is -0.471 e. The standard InChI is InChI=1S/C22H18N2O2/c25-22-20-14-8-7-13-19(20)21(26-16-18-11-5-2-6-12-18)23-24(22)15-17-9-3-1-4-10-17/h1-14H,15-16H2. The third-order valence-electron chi connectivity index (χ3n) is 4.23. The zero-order chi connectivity index (χ0) is 17.8. The van der Waals surface area contributed by atoms with E-state index < -0.39 is 0 Å². The van der Waals surface area contributed by atoms with Crippen LogP contribution in [0.3, 0.4) is 0 Å². The number of nitrogens with zero attached hydrogens (tertiary/aromatic N) is 2. The molecule has 0 unspecified atom stereocenters. The average Bonchev–Trinajstić information content (AvgIpc) is 2.71. The Morgan fingerprint density at radius 1 is 0.731 bits per heavy atom. The molecule has 0 aliphatic carbocycles. The van der Waals surface area contributed by atoms with E-state index >= 15 is 0 Å². The highest BCUT2D eigenvalue weighted by molar-refractivity contribution is 5.85. The number of ether oxygens (including phenoxy) is 1. The lowest BCUT2D eigenvalue weighted by atomic mass is 10.2. The van der Waals surface area contributed by atoms with E-state index in [0.29, 0.717) is 24.4 Å². The summed E-state index contributed by atoms with van der Waals surface area (Å²) in [4.78, 5) is 12.8. The first-order chi connectivity index (χ1) is 12.8. The third kappa shape index (κ3) is 3.35. The quantitative estimate of drug-likeness (QED) is 0.550. The number of rotatable bonds is 5. The Morgan fingerprint density at radius 3 is 2.00 bits per heavy atom. The van der Waals surface area contributed by atoms with Gasteiger partial charge in [0.15, 0.2) is 0 Å². The monoisotopic (exact) mass is 342 g/mol. The van der Waals surface area contributed by atoms with Crippen molar-refractivity contribution in [2.45, 2.75) is 13.2 Å². The summed E-state index contributed by atoms with van der Waals surface area (Å²) in [6.45, 7) is 0.813. The molecule has 0 aliphatic heterocycles. The average molecular weight is 342 g/mol. The maximum atomic E-state index is 12.8. The van der Waals surface area contributed by atoms with Crippen LogP contribution in [-0.2, 0) is 13.2 Å². The van der Waals surface area contributed by atoms with E-state index in [0.717, 1.165) is 16.5 Å². The number of fused-ring (bicyclic) bond motifs is 1. The molecule has 0 radical (unpaired) electrons. The van der Waals surface area contributed by atoms with Gasteiger partial charge in [-0.3, -0.25) is 4.79 Å². The Hall–Kier alpha value is -3.40. The van der Waals surface area contributed by atoms with Gasteiger partial charge in [-0.05, 0) is 23.3 Å². The van der Waals surface area contributed by atoms with Gasteiger partial charge in [0.05, 0.1) is 17.3 Å². The highest BCUT2D eigenvalue weighted by atomic mass is 16.5. The zero-order valence-electron chi connectivity index (χ0n) is 14.2. The molecule has 0 bridgehead atoms. The Labute approximate surface area is 151 Å². The molecule has 0 N–H and O–H groups in total. The molecule has 0 saturated carbocycles. The Balaban J connectivity index is 1.73. The molecule has 0 aliphatic rings. The lowest BCUT2D eigenvalue weighted by molar-refractivity contribution is 0.288. The predicted octanol–water partition coefficient (Wildman–Crippen LogP) is 4.02. The summed E-state index contributed by atoms with van der Waals surface area (Å²) in [5.41, 5.74) is 1.96. The minimum absolute atomic E-state index is 0.114. The molecule has 128 valence electrons. The summed E-state index contributed by atoms with van der Waals surface area (Å²) in [5, 5.41) is 5.84. The van der Waals surface area contributed by atoms with Gasteiger partial charge in [-0.25, -0.2) is 4.68 Å². The summed E-state index contributed by atoms with van der Waals surface area (Å²) in [6, 6.07) is 27.2. The van der Waals surface area contributed by atoms with Gasteiger partial charge in [-0.1, -0.05) is 72.8 Å². The van der Waals surface area contributed by atoms with Crippen LogP contribution in [0.5, 0.6) is 5.88 Å². The first-order valence-corrected chi connectivity index (χ1v) is 8.52. The summed E-state index contributed by atoms with van der Waals surface area (Å²) in [6.07, 6.45) is 0. The molecule has 1 heterocycles. The Morgan fingerprint density at radius 2 is 1.31 bits per heavy atom. The van der Waals surface area contributed by atoms with Gasteiger partial charge in [0.1, 0.15) is 6.61 Å². The van der Waals surface area contributed by atoms with E-state index in [1.165, 1.54) is 4.68 Å². The van der Waals surface area contributed by atoms with Crippen molar-refractivity contribution in [2.24, 2.45) is 0 Å². The van der Waals surface area contributed by atoms with Crippen LogP contribution in [0.15, 0.2) is 89.7 Å². The van der Waals surface area contributed by atoms with Crippen LogP contribution in [-0.4, -0.2) is 9.78 Å². The van der Waals surface area contributed by atoms with E-state index in [4.69, 9.17) is 4.74 Å². The predicted molar refractivity (Wildman–Crippen MR) is 102 cm³/mol. The number of aromatic nitrogens is 2. The number of hydrogen-bond acceptors (Lipinski definition) is 3. The topological polar surface area (TPSA) is 44.1 Å². The highest BCUT2D eigenvalue weighted by Gasteiger charge is 2.12. The van der Waals surface area contributed by atoms with Gasteiger partial charge >= 0.3 is 0 Å². The van der Waals surface area contributed by atoms with Crippen molar-refractivity contribution >= 4 is 10.8 Å². The molecule has 4 nitrogen and oxygen atoms in total. The summed E-state index contributed by atoms with van der Waals surface area (Å²) in [7, 11) is 0. The highest BCUT2D eigenvalue weighted by Crippen LogP contribution is 2.21. The molecule has 4 rings (SSSR count).